The van der Waals surface area contributed by atoms with E-state index in [1.54, 1.807) is 0 Å². The first-order chi connectivity index (χ1) is 13.6. The summed E-state index contributed by atoms with van der Waals surface area (Å²) in [6.45, 7) is 6.89. The van der Waals surface area contributed by atoms with Crippen molar-refractivity contribution in [1.82, 2.24) is 10.6 Å². The Kier molecular flexibility index (Phi) is 6.89. The van der Waals surface area contributed by atoms with Crippen LogP contribution >= 0.6 is 0 Å². The van der Waals surface area contributed by atoms with Gasteiger partial charge in [-0.15, -0.1) is 0 Å². The van der Waals surface area contributed by atoms with Crippen molar-refractivity contribution in [2.45, 2.75) is 26.3 Å². The van der Waals surface area contributed by atoms with Crippen LogP contribution in [0.15, 0.2) is 59.6 Å². The molecule has 148 valence electrons. The van der Waals surface area contributed by atoms with Crippen LogP contribution in [0.1, 0.15) is 18.9 Å². The Morgan fingerprint density at radius 1 is 1.14 bits per heavy atom. The molecule has 0 aliphatic carbocycles. The number of hydrogen-bond donors (Lipinski definition) is 3. The van der Waals surface area contributed by atoms with Crippen LogP contribution in [0.5, 0.6) is 0 Å². The first-order valence-corrected chi connectivity index (χ1v) is 9.85. The molecule has 28 heavy (non-hydrogen) atoms. The Balaban J connectivity index is 1.53. The number of nitrogens with zero attached hydrogens (tertiary/aromatic N) is 2. The quantitative estimate of drug-likeness (QED) is 0.533. The lowest BCUT2D eigenvalue weighted by Crippen LogP contribution is -2.45. The summed E-state index contributed by atoms with van der Waals surface area (Å²) in [5.41, 5.74) is 3.30. The zero-order chi connectivity index (χ0) is 19.8. The lowest BCUT2D eigenvalue weighted by atomic mass is 10.2. The summed E-state index contributed by atoms with van der Waals surface area (Å²) >= 11 is 0. The topological polar surface area (TPSA) is 68.8 Å². The number of amides is 1. The van der Waals surface area contributed by atoms with Gasteiger partial charge in [0, 0.05) is 37.1 Å². The van der Waals surface area contributed by atoms with E-state index in [0.29, 0.717) is 12.0 Å². The third-order valence-corrected chi connectivity index (χ3v) is 4.71. The predicted octanol–water partition coefficient (Wildman–Crippen LogP) is 2.77. The van der Waals surface area contributed by atoms with E-state index in [1.807, 2.05) is 37.3 Å². The highest BCUT2D eigenvalue weighted by Crippen LogP contribution is 2.20. The zero-order valence-electron chi connectivity index (χ0n) is 16.6. The van der Waals surface area contributed by atoms with Gasteiger partial charge in [-0.3, -0.25) is 4.79 Å². The molecule has 0 saturated carbocycles. The molecule has 0 aromatic heterocycles. The number of benzene rings is 2. The maximum absolute atomic E-state index is 12.1. The summed E-state index contributed by atoms with van der Waals surface area (Å²) in [7, 11) is 0. The molecular formula is C22H29N5O. The zero-order valence-corrected chi connectivity index (χ0v) is 16.6. The number of nitrogens with one attached hydrogen (secondary N) is 3. The smallest absolute Gasteiger partial charge is 0.246 e. The number of carbonyl (C=O) groups is 1. The predicted molar refractivity (Wildman–Crippen MR) is 116 cm³/mol. The summed E-state index contributed by atoms with van der Waals surface area (Å²) in [5, 5.41) is 9.55. The Morgan fingerprint density at radius 3 is 2.61 bits per heavy atom. The number of anilines is 2. The monoisotopic (exact) mass is 379 g/mol. The van der Waals surface area contributed by atoms with Crippen LogP contribution in [0.4, 0.5) is 11.4 Å². The van der Waals surface area contributed by atoms with Crippen LogP contribution in [-0.2, 0) is 4.79 Å². The largest absolute Gasteiger partial charge is 0.369 e. The summed E-state index contributed by atoms with van der Waals surface area (Å²) in [5.74, 6) is 0.553. The molecule has 1 fully saturated rings. The minimum atomic E-state index is -0.129. The van der Waals surface area contributed by atoms with Crippen molar-refractivity contribution in [3.8, 4) is 0 Å². The van der Waals surface area contributed by atoms with Crippen molar-refractivity contribution < 1.29 is 4.79 Å². The van der Waals surface area contributed by atoms with Gasteiger partial charge in [0.2, 0.25) is 5.91 Å². The summed E-state index contributed by atoms with van der Waals surface area (Å²) in [6.07, 6.45) is 1.04. The molecule has 3 N–H and O–H groups in total. The summed E-state index contributed by atoms with van der Waals surface area (Å²) in [4.78, 5) is 19.0. The van der Waals surface area contributed by atoms with Gasteiger partial charge in [-0.2, -0.15) is 0 Å². The molecule has 0 bridgehead atoms. The molecule has 1 atom stereocenters. The van der Waals surface area contributed by atoms with E-state index in [1.165, 1.54) is 11.3 Å². The van der Waals surface area contributed by atoms with Crippen LogP contribution in [-0.4, -0.2) is 44.1 Å². The van der Waals surface area contributed by atoms with E-state index < -0.39 is 0 Å². The van der Waals surface area contributed by atoms with Gasteiger partial charge < -0.3 is 20.9 Å². The number of aliphatic imine (C=N–C) groups is 1. The van der Waals surface area contributed by atoms with Gasteiger partial charge in [0.1, 0.15) is 6.54 Å². The van der Waals surface area contributed by atoms with Crippen molar-refractivity contribution >= 4 is 23.2 Å². The number of para-hydroxylation sites is 1. The molecule has 1 aliphatic rings. The lowest BCUT2D eigenvalue weighted by molar-refractivity contribution is -0.114. The number of guanidine groups is 1. The highest BCUT2D eigenvalue weighted by Gasteiger charge is 2.23. The maximum atomic E-state index is 12.1. The molecule has 1 saturated heterocycles. The first kappa shape index (κ1) is 19.7. The molecule has 0 spiro atoms. The SMILES string of the molecule is CCNC(=NCC(=O)Nc1ccccc1)NC1CCN(c2ccc(C)cc2)C1. The standard InChI is InChI=1S/C22H29N5O/c1-3-23-22(24-15-21(28)25-18-7-5-4-6-8-18)26-19-13-14-27(16-19)20-11-9-17(2)10-12-20/h4-12,19H,3,13-16H2,1-2H3,(H,25,28)(H2,23,24,26). The molecule has 6 heteroatoms. The van der Waals surface area contributed by atoms with E-state index in [4.69, 9.17) is 0 Å². The maximum Gasteiger partial charge on any atom is 0.246 e. The minimum Gasteiger partial charge on any atom is -0.369 e. The van der Waals surface area contributed by atoms with Gasteiger partial charge in [-0.05, 0) is 44.5 Å². The molecule has 1 heterocycles. The Bertz CT molecular complexity index is 788. The van der Waals surface area contributed by atoms with Crippen molar-refractivity contribution in [2.75, 3.05) is 36.4 Å². The molecule has 0 radical (unpaired) electrons. The lowest BCUT2D eigenvalue weighted by Gasteiger charge is -2.20. The van der Waals surface area contributed by atoms with Crippen molar-refractivity contribution in [2.24, 2.45) is 4.99 Å². The molecule has 1 amide bonds. The summed E-state index contributed by atoms with van der Waals surface area (Å²) < 4.78 is 0. The van der Waals surface area contributed by atoms with Crippen molar-refractivity contribution in [1.29, 1.82) is 0 Å². The first-order valence-electron chi connectivity index (χ1n) is 9.85. The molecule has 2 aromatic carbocycles. The van der Waals surface area contributed by atoms with Gasteiger partial charge >= 0.3 is 0 Å². The van der Waals surface area contributed by atoms with E-state index in [9.17, 15) is 4.79 Å². The third-order valence-electron chi connectivity index (χ3n) is 4.71. The van der Waals surface area contributed by atoms with Crippen molar-refractivity contribution in [3.05, 3.63) is 60.2 Å². The molecule has 3 rings (SSSR count). The van der Waals surface area contributed by atoms with E-state index in [-0.39, 0.29) is 12.5 Å². The van der Waals surface area contributed by atoms with Crippen LogP contribution in [0.3, 0.4) is 0 Å². The average molecular weight is 380 g/mol. The van der Waals surface area contributed by atoms with Gasteiger partial charge in [-0.1, -0.05) is 35.9 Å². The van der Waals surface area contributed by atoms with Crippen LogP contribution in [0.2, 0.25) is 0 Å². The fraction of sp³-hybridized carbons (Fsp3) is 0.364. The van der Waals surface area contributed by atoms with Crippen LogP contribution in [0, 0.1) is 6.92 Å². The Labute approximate surface area is 167 Å². The third kappa shape index (κ3) is 5.74. The number of hydrogen-bond acceptors (Lipinski definition) is 3. The molecule has 1 unspecified atom stereocenters. The molecule has 6 nitrogen and oxygen atoms in total. The number of rotatable bonds is 6. The fourth-order valence-electron chi connectivity index (χ4n) is 3.25. The van der Waals surface area contributed by atoms with E-state index in [2.05, 4.69) is 57.0 Å². The van der Waals surface area contributed by atoms with Gasteiger partial charge in [-0.25, -0.2) is 4.99 Å². The van der Waals surface area contributed by atoms with Gasteiger partial charge in [0.05, 0.1) is 0 Å². The molecule has 1 aliphatic heterocycles. The van der Waals surface area contributed by atoms with Gasteiger partial charge in [0.15, 0.2) is 5.96 Å². The normalized spacial score (nSPS) is 16.7. The van der Waals surface area contributed by atoms with E-state index >= 15 is 0 Å². The van der Waals surface area contributed by atoms with E-state index in [0.717, 1.165) is 31.7 Å². The molecular weight excluding hydrogens is 350 g/mol. The Hall–Kier alpha value is -3.02. The second-order valence-electron chi connectivity index (χ2n) is 7.02. The number of aryl methyl sites for hydroxylation is 1. The average Bonchev–Trinajstić information content (AvgIpc) is 3.16. The molecule has 2 aromatic rings. The van der Waals surface area contributed by atoms with Crippen LogP contribution in [0.25, 0.3) is 0 Å². The fourth-order valence-corrected chi connectivity index (χ4v) is 3.25. The second-order valence-corrected chi connectivity index (χ2v) is 7.02. The second kappa shape index (κ2) is 9.78. The summed E-state index contributed by atoms with van der Waals surface area (Å²) in [6, 6.07) is 18.4. The highest BCUT2D eigenvalue weighted by atomic mass is 16.1. The minimum absolute atomic E-state index is 0.0820. The number of carbonyl (C=O) groups excluding carboxylic acids is 1. The highest BCUT2D eigenvalue weighted by molar-refractivity contribution is 5.94. The van der Waals surface area contributed by atoms with Crippen LogP contribution < -0.4 is 20.9 Å². The Morgan fingerprint density at radius 2 is 1.89 bits per heavy atom. The van der Waals surface area contributed by atoms with Gasteiger partial charge in [0.25, 0.3) is 0 Å². The van der Waals surface area contributed by atoms with Crippen molar-refractivity contribution in [3.63, 3.8) is 0 Å².